The van der Waals surface area contributed by atoms with Crippen molar-refractivity contribution in [2.75, 3.05) is 0 Å². The quantitative estimate of drug-likeness (QED) is 0.628. The zero-order chi connectivity index (χ0) is 17.8. The summed E-state index contributed by atoms with van der Waals surface area (Å²) in [5.41, 5.74) is 3.45. The zero-order valence-electron chi connectivity index (χ0n) is 14.3. The zero-order valence-corrected chi connectivity index (χ0v) is 15.1. The summed E-state index contributed by atoms with van der Waals surface area (Å²) in [7, 11) is 0. The smallest absolute Gasteiger partial charge is 0.341 e. The summed E-state index contributed by atoms with van der Waals surface area (Å²) in [4.78, 5) is 17.8. The molecule has 0 atom stereocenters. The largest absolute Gasteiger partial charge is 0.455 e. The van der Waals surface area contributed by atoms with Gasteiger partial charge in [0.2, 0.25) is 0 Å². The second-order valence-electron chi connectivity index (χ2n) is 5.71. The molecule has 5 nitrogen and oxygen atoms in total. The maximum atomic E-state index is 12.4. The van der Waals surface area contributed by atoms with Crippen molar-refractivity contribution in [1.82, 2.24) is 10.1 Å². The van der Waals surface area contributed by atoms with E-state index in [0.717, 1.165) is 4.90 Å². The van der Waals surface area contributed by atoms with Crippen LogP contribution in [0.3, 0.4) is 0 Å². The molecule has 6 heteroatoms. The van der Waals surface area contributed by atoms with Crippen LogP contribution >= 0.6 is 11.8 Å². The van der Waals surface area contributed by atoms with E-state index in [4.69, 9.17) is 9.26 Å². The van der Waals surface area contributed by atoms with Crippen molar-refractivity contribution in [1.29, 1.82) is 0 Å². The lowest BCUT2D eigenvalue weighted by Crippen LogP contribution is -2.07. The van der Waals surface area contributed by atoms with Crippen LogP contribution in [0.5, 0.6) is 0 Å². The summed E-state index contributed by atoms with van der Waals surface area (Å²) < 4.78 is 10.3. The molecular weight excluding hydrogens is 336 g/mol. The van der Waals surface area contributed by atoms with Crippen molar-refractivity contribution in [2.24, 2.45) is 0 Å². The fraction of sp³-hybridized carbons (Fsp3) is 0.211. The van der Waals surface area contributed by atoms with Crippen LogP contribution < -0.4 is 0 Å². The predicted octanol–water partition coefficient (Wildman–Crippen LogP) is 4.50. The standard InChI is InChI=1S/C19H18N2O3S/c1-12-6-7-16(9-13(12)2)25-18-17(5-4-8-20-18)19(22)23-11-15-10-14(3)24-21-15/h4-10H,11H2,1-3H3. The van der Waals surface area contributed by atoms with Crippen LogP contribution in [0, 0.1) is 20.8 Å². The van der Waals surface area contributed by atoms with E-state index in [-0.39, 0.29) is 6.61 Å². The number of carbonyl (C=O) groups is 1. The van der Waals surface area contributed by atoms with Gasteiger partial charge in [-0.1, -0.05) is 23.0 Å². The Kier molecular flexibility index (Phi) is 5.19. The summed E-state index contributed by atoms with van der Waals surface area (Å²) in [6.45, 7) is 5.99. The molecule has 0 amide bonds. The van der Waals surface area contributed by atoms with E-state index in [1.807, 2.05) is 6.07 Å². The van der Waals surface area contributed by atoms with E-state index in [0.29, 0.717) is 22.0 Å². The molecule has 3 rings (SSSR count). The van der Waals surface area contributed by atoms with Gasteiger partial charge in [-0.3, -0.25) is 0 Å². The minimum Gasteiger partial charge on any atom is -0.455 e. The van der Waals surface area contributed by atoms with Gasteiger partial charge in [-0.25, -0.2) is 9.78 Å². The highest BCUT2D eigenvalue weighted by molar-refractivity contribution is 7.99. The molecule has 1 aromatic carbocycles. The minimum atomic E-state index is -0.430. The highest BCUT2D eigenvalue weighted by atomic mass is 32.2. The maximum absolute atomic E-state index is 12.4. The molecule has 0 fully saturated rings. The third kappa shape index (κ3) is 4.28. The van der Waals surface area contributed by atoms with E-state index >= 15 is 0 Å². The summed E-state index contributed by atoms with van der Waals surface area (Å²) in [5.74, 6) is 0.249. The van der Waals surface area contributed by atoms with Gasteiger partial charge >= 0.3 is 5.97 Å². The van der Waals surface area contributed by atoms with Crippen LogP contribution in [0.4, 0.5) is 0 Å². The maximum Gasteiger partial charge on any atom is 0.341 e. The number of rotatable bonds is 5. The van der Waals surface area contributed by atoms with Crippen molar-refractivity contribution in [3.63, 3.8) is 0 Å². The molecule has 3 aromatic rings. The lowest BCUT2D eigenvalue weighted by molar-refractivity contribution is 0.0459. The molecule has 128 valence electrons. The molecule has 0 bridgehead atoms. The van der Waals surface area contributed by atoms with E-state index in [1.165, 1.54) is 22.9 Å². The Labute approximate surface area is 150 Å². The Morgan fingerprint density at radius 3 is 2.72 bits per heavy atom. The van der Waals surface area contributed by atoms with Crippen molar-refractivity contribution in [2.45, 2.75) is 37.3 Å². The number of hydrogen-bond acceptors (Lipinski definition) is 6. The SMILES string of the molecule is Cc1cc(COC(=O)c2cccnc2Sc2ccc(C)c(C)c2)no1. The summed E-state index contributed by atoms with van der Waals surface area (Å²) >= 11 is 1.45. The summed E-state index contributed by atoms with van der Waals surface area (Å²) in [6, 6.07) is 11.3. The first-order valence-corrected chi connectivity index (χ1v) is 8.64. The van der Waals surface area contributed by atoms with Crippen LogP contribution in [0.15, 0.2) is 57.0 Å². The van der Waals surface area contributed by atoms with Gasteiger partial charge in [0.05, 0.1) is 5.56 Å². The fourth-order valence-electron chi connectivity index (χ4n) is 2.22. The number of ether oxygens (including phenoxy) is 1. The van der Waals surface area contributed by atoms with Gasteiger partial charge in [0, 0.05) is 17.2 Å². The normalized spacial score (nSPS) is 10.7. The Morgan fingerprint density at radius 1 is 1.16 bits per heavy atom. The number of benzene rings is 1. The Bertz CT molecular complexity index is 905. The molecular formula is C19H18N2O3S. The molecule has 0 aliphatic heterocycles. The molecule has 0 saturated heterocycles. The van der Waals surface area contributed by atoms with Crippen molar-refractivity contribution in [3.05, 3.63) is 70.7 Å². The van der Waals surface area contributed by atoms with Gasteiger partial charge in [0.15, 0.2) is 0 Å². The van der Waals surface area contributed by atoms with Gasteiger partial charge in [-0.15, -0.1) is 0 Å². The molecule has 0 unspecified atom stereocenters. The molecule has 0 aliphatic carbocycles. The average Bonchev–Trinajstić information content (AvgIpc) is 3.02. The number of aromatic nitrogens is 2. The third-order valence-corrected chi connectivity index (χ3v) is 4.72. The number of hydrogen-bond donors (Lipinski definition) is 0. The number of carbonyl (C=O) groups excluding carboxylic acids is 1. The van der Waals surface area contributed by atoms with Crippen LogP contribution in [-0.4, -0.2) is 16.1 Å². The first-order chi connectivity index (χ1) is 12.0. The molecule has 0 spiro atoms. The predicted molar refractivity (Wildman–Crippen MR) is 94.6 cm³/mol. The molecule has 2 aromatic heterocycles. The van der Waals surface area contributed by atoms with Crippen LogP contribution in [0.1, 0.15) is 32.9 Å². The Morgan fingerprint density at radius 2 is 2.00 bits per heavy atom. The third-order valence-electron chi connectivity index (χ3n) is 3.71. The van der Waals surface area contributed by atoms with Crippen molar-refractivity contribution >= 4 is 17.7 Å². The van der Waals surface area contributed by atoms with Crippen LogP contribution in [0.25, 0.3) is 0 Å². The molecule has 0 N–H and O–H groups in total. The second-order valence-corrected chi connectivity index (χ2v) is 6.77. The van der Waals surface area contributed by atoms with E-state index in [9.17, 15) is 4.79 Å². The Balaban J connectivity index is 1.75. The number of pyridine rings is 1. The van der Waals surface area contributed by atoms with E-state index in [2.05, 4.69) is 36.1 Å². The van der Waals surface area contributed by atoms with Gasteiger partial charge in [0.25, 0.3) is 0 Å². The summed E-state index contributed by atoms with van der Waals surface area (Å²) in [5, 5.41) is 4.43. The van der Waals surface area contributed by atoms with Gasteiger partial charge in [-0.2, -0.15) is 0 Å². The molecule has 25 heavy (non-hydrogen) atoms. The molecule has 0 aliphatic rings. The van der Waals surface area contributed by atoms with E-state index < -0.39 is 5.97 Å². The monoisotopic (exact) mass is 354 g/mol. The number of nitrogens with zero attached hydrogens (tertiary/aromatic N) is 2. The first-order valence-electron chi connectivity index (χ1n) is 7.82. The first kappa shape index (κ1) is 17.2. The lowest BCUT2D eigenvalue weighted by atomic mass is 10.1. The number of esters is 1. The van der Waals surface area contributed by atoms with Crippen molar-refractivity contribution in [3.8, 4) is 0 Å². The van der Waals surface area contributed by atoms with Gasteiger partial charge in [0.1, 0.15) is 23.1 Å². The van der Waals surface area contributed by atoms with E-state index in [1.54, 1.807) is 31.3 Å². The average molecular weight is 354 g/mol. The van der Waals surface area contributed by atoms with Crippen LogP contribution in [0.2, 0.25) is 0 Å². The molecule has 2 heterocycles. The van der Waals surface area contributed by atoms with Gasteiger partial charge < -0.3 is 9.26 Å². The molecule has 0 radical (unpaired) electrons. The van der Waals surface area contributed by atoms with Gasteiger partial charge in [-0.05, 0) is 56.2 Å². The second kappa shape index (κ2) is 7.53. The minimum absolute atomic E-state index is 0.0683. The fourth-order valence-corrected chi connectivity index (χ4v) is 3.19. The van der Waals surface area contributed by atoms with Crippen molar-refractivity contribution < 1.29 is 14.1 Å². The Hall–Kier alpha value is -2.60. The van der Waals surface area contributed by atoms with Crippen LogP contribution in [-0.2, 0) is 11.3 Å². The topological polar surface area (TPSA) is 65.2 Å². The number of aryl methyl sites for hydroxylation is 3. The highest BCUT2D eigenvalue weighted by Gasteiger charge is 2.16. The highest BCUT2D eigenvalue weighted by Crippen LogP contribution is 2.30. The lowest BCUT2D eigenvalue weighted by Gasteiger charge is -2.09. The summed E-state index contributed by atoms with van der Waals surface area (Å²) in [6.07, 6.45) is 1.67. The molecule has 0 saturated carbocycles.